The number of hydrogen-bond donors (Lipinski definition) is 1. The molecular weight excluding hydrogens is 304 g/mol. The number of phenolic OH excluding ortho intramolecular Hbond substituents is 1. The van der Waals surface area contributed by atoms with Crippen LogP contribution in [0.5, 0.6) is 5.75 Å². The van der Waals surface area contributed by atoms with E-state index < -0.39 is 10.0 Å². The number of aromatic hydroxyl groups is 1. The molecule has 6 nitrogen and oxygen atoms in total. The van der Waals surface area contributed by atoms with Crippen LogP contribution in [0.3, 0.4) is 0 Å². The smallest absolute Gasteiger partial charge is 0.287 e. The minimum atomic E-state index is -3.84. The maximum Gasteiger partial charge on any atom is 0.287 e. The van der Waals surface area contributed by atoms with Crippen molar-refractivity contribution in [2.45, 2.75) is 30.6 Å². The number of methoxy groups -OCH3 is 1. The van der Waals surface area contributed by atoms with E-state index in [2.05, 4.69) is 9.13 Å². The van der Waals surface area contributed by atoms with Crippen LogP contribution in [0.4, 0.5) is 0 Å². The summed E-state index contributed by atoms with van der Waals surface area (Å²) in [6.07, 6.45) is 5.10. The molecule has 0 fully saturated rings. The minimum Gasteiger partial charge on any atom is -0.507 e. The third-order valence-electron chi connectivity index (χ3n) is 3.12. The van der Waals surface area contributed by atoms with E-state index in [-0.39, 0.29) is 10.6 Å². The van der Waals surface area contributed by atoms with E-state index in [1.165, 1.54) is 11.2 Å². The number of fused-ring (bicyclic) bond motifs is 1. The van der Waals surface area contributed by atoms with E-state index in [4.69, 9.17) is 0 Å². The molecule has 0 atom stereocenters. The average Bonchev–Trinajstić information content (AvgIpc) is 2.45. The van der Waals surface area contributed by atoms with Crippen LogP contribution in [-0.4, -0.2) is 53.1 Å². The highest BCUT2D eigenvalue weighted by atomic mass is 32.2. The van der Waals surface area contributed by atoms with Crippen molar-refractivity contribution in [2.24, 2.45) is 4.40 Å². The minimum absolute atomic E-state index is 0.105. The number of aryl methyl sites for hydroxylation is 2. The summed E-state index contributed by atoms with van der Waals surface area (Å²) >= 11 is 0. The lowest BCUT2D eigenvalue weighted by Gasteiger charge is -2.17. The predicted octanol–water partition coefficient (Wildman–Crippen LogP) is 1.81. The summed E-state index contributed by atoms with van der Waals surface area (Å²) in [5, 5.41) is 9.90. The standard InChI is InChI=1S/C13H18N2O3S.C2H6O/c1-15(2)9-14-19(17,18)13-8-11-6-4-3-5-10(11)7-12(13)16;1-3-2/h7-9,16H,3-6H2,1-2H3;1-2H3. The normalized spacial score (nSPS) is 14.2. The summed E-state index contributed by atoms with van der Waals surface area (Å²) in [6.45, 7) is 0. The maximum atomic E-state index is 12.1. The molecule has 7 heteroatoms. The molecule has 1 aliphatic rings. The van der Waals surface area contributed by atoms with E-state index in [9.17, 15) is 13.5 Å². The summed E-state index contributed by atoms with van der Waals surface area (Å²) in [7, 11) is 2.78. The van der Waals surface area contributed by atoms with Crippen molar-refractivity contribution in [3.05, 3.63) is 23.3 Å². The molecule has 0 saturated carbocycles. The lowest BCUT2D eigenvalue weighted by molar-refractivity contribution is 0.277. The van der Waals surface area contributed by atoms with Gasteiger partial charge in [-0.25, -0.2) is 0 Å². The van der Waals surface area contributed by atoms with Crippen molar-refractivity contribution < 1.29 is 18.3 Å². The predicted molar refractivity (Wildman–Crippen MR) is 87.0 cm³/mol. The van der Waals surface area contributed by atoms with Gasteiger partial charge in [-0.2, -0.15) is 8.42 Å². The first-order valence-corrected chi connectivity index (χ1v) is 8.47. The topological polar surface area (TPSA) is 79.2 Å². The van der Waals surface area contributed by atoms with Crippen LogP contribution in [0.1, 0.15) is 24.0 Å². The maximum absolute atomic E-state index is 12.1. The second kappa shape index (κ2) is 8.14. The van der Waals surface area contributed by atoms with Crippen LogP contribution in [-0.2, 0) is 27.6 Å². The van der Waals surface area contributed by atoms with Crippen LogP contribution in [0.2, 0.25) is 0 Å². The monoisotopic (exact) mass is 328 g/mol. The third kappa shape index (κ3) is 4.99. The largest absolute Gasteiger partial charge is 0.507 e. The van der Waals surface area contributed by atoms with Gasteiger partial charge < -0.3 is 14.7 Å². The molecule has 0 amide bonds. The zero-order valence-corrected chi connectivity index (χ0v) is 14.4. The average molecular weight is 328 g/mol. The summed E-state index contributed by atoms with van der Waals surface area (Å²) in [5.41, 5.74) is 2.04. The van der Waals surface area contributed by atoms with Crippen molar-refractivity contribution in [2.75, 3.05) is 28.3 Å². The van der Waals surface area contributed by atoms with Crippen molar-refractivity contribution in [3.63, 3.8) is 0 Å². The highest BCUT2D eigenvalue weighted by Gasteiger charge is 2.21. The molecule has 0 aliphatic heterocycles. The Kier molecular flexibility index (Phi) is 6.83. The molecule has 0 spiro atoms. The highest BCUT2D eigenvalue weighted by Crippen LogP contribution is 2.31. The fourth-order valence-electron chi connectivity index (χ4n) is 2.17. The number of hydrogen-bond acceptors (Lipinski definition) is 4. The zero-order valence-electron chi connectivity index (χ0n) is 13.5. The van der Waals surface area contributed by atoms with Crippen molar-refractivity contribution in [3.8, 4) is 5.75 Å². The Hall–Kier alpha value is -1.60. The molecule has 1 aromatic rings. The molecule has 1 N–H and O–H groups in total. The molecule has 0 radical (unpaired) electrons. The number of nitrogens with zero attached hydrogens (tertiary/aromatic N) is 2. The number of benzene rings is 1. The van der Waals surface area contributed by atoms with Crippen molar-refractivity contribution in [1.29, 1.82) is 0 Å². The van der Waals surface area contributed by atoms with Crippen molar-refractivity contribution in [1.82, 2.24) is 4.90 Å². The van der Waals surface area contributed by atoms with E-state index >= 15 is 0 Å². The first-order valence-electron chi connectivity index (χ1n) is 7.03. The summed E-state index contributed by atoms with van der Waals surface area (Å²) in [6, 6.07) is 3.12. The van der Waals surface area contributed by atoms with Gasteiger partial charge in [0.15, 0.2) is 0 Å². The lowest BCUT2D eigenvalue weighted by atomic mass is 9.92. The molecule has 2 rings (SSSR count). The fourth-order valence-corrected chi connectivity index (χ4v) is 3.21. The first-order chi connectivity index (χ1) is 10.3. The number of sulfonamides is 1. The van der Waals surface area contributed by atoms with Gasteiger partial charge in [0.25, 0.3) is 10.0 Å². The van der Waals surface area contributed by atoms with Gasteiger partial charge in [0, 0.05) is 28.3 Å². The van der Waals surface area contributed by atoms with Gasteiger partial charge in [-0.15, -0.1) is 4.40 Å². The Morgan fingerprint density at radius 3 is 2.18 bits per heavy atom. The van der Waals surface area contributed by atoms with Gasteiger partial charge in [-0.05, 0) is 48.9 Å². The van der Waals surface area contributed by atoms with Crippen LogP contribution in [0.25, 0.3) is 0 Å². The van der Waals surface area contributed by atoms with E-state index in [1.54, 1.807) is 40.4 Å². The van der Waals surface area contributed by atoms with E-state index in [0.717, 1.165) is 36.8 Å². The van der Waals surface area contributed by atoms with E-state index in [0.29, 0.717) is 0 Å². The van der Waals surface area contributed by atoms with Gasteiger partial charge in [-0.3, -0.25) is 0 Å². The summed E-state index contributed by atoms with van der Waals surface area (Å²) in [4.78, 5) is 1.43. The second-order valence-corrected chi connectivity index (χ2v) is 6.96. The van der Waals surface area contributed by atoms with Gasteiger partial charge in [0.2, 0.25) is 0 Å². The molecule has 124 valence electrons. The van der Waals surface area contributed by atoms with Gasteiger partial charge >= 0.3 is 0 Å². The summed E-state index contributed by atoms with van der Waals surface area (Å²) in [5.74, 6) is -0.212. The SMILES string of the molecule is CN(C)C=NS(=O)(=O)c1cc2c(cc1O)CCCC2.COC. The zero-order chi connectivity index (χ0) is 16.8. The highest BCUT2D eigenvalue weighted by molar-refractivity contribution is 7.90. The van der Waals surface area contributed by atoms with Crippen molar-refractivity contribution >= 4 is 16.4 Å². The Morgan fingerprint density at radius 1 is 1.18 bits per heavy atom. The number of phenols is 1. The number of rotatable bonds is 3. The Morgan fingerprint density at radius 2 is 1.68 bits per heavy atom. The summed E-state index contributed by atoms with van der Waals surface area (Å²) < 4.78 is 31.9. The molecule has 1 aromatic carbocycles. The second-order valence-electron chi connectivity index (χ2n) is 5.36. The molecule has 22 heavy (non-hydrogen) atoms. The molecule has 0 heterocycles. The van der Waals surface area contributed by atoms with Crippen LogP contribution < -0.4 is 0 Å². The molecule has 0 saturated heterocycles. The molecule has 1 aliphatic carbocycles. The molecular formula is C15H24N2O4S. The number of ether oxygens (including phenoxy) is 1. The lowest BCUT2D eigenvalue weighted by Crippen LogP contribution is -2.11. The van der Waals surface area contributed by atoms with Crippen LogP contribution >= 0.6 is 0 Å². The Bertz CT molecular complexity index is 625. The van der Waals surface area contributed by atoms with Gasteiger partial charge in [0.1, 0.15) is 17.0 Å². The molecule has 0 unspecified atom stereocenters. The first kappa shape index (κ1) is 18.4. The molecule has 0 aromatic heterocycles. The molecule has 0 bridgehead atoms. The third-order valence-corrected chi connectivity index (χ3v) is 4.37. The van der Waals surface area contributed by atoms with Gasteiger partial charge in [0.05, 0.1) is 0 Å². The Balaban J connectivity index is 0.000000745. The van der Waals surface area contributed by atoms with E-state index in [1.807, 2.05) is 0 Å². The quantitative estimate of drug-likeness (QED) is 0.676. The van der Waals surface area contributed by atoms with Crippen LogP contribution in [0.15, 0.2) is 21.4 Å². The Labute approximate surface area is 132 Å². The fraction of sp³-hybridized carbons (Fsp3) is 0.533. The van der Waals surface area contributed by atoms with Gasteiger partial charge in [-0.1, -0.05) is 0 Å². The van der Waals surface area contributed by atoms with Crippen LogP contribution in [0, 0.1) is 0 Å².